The number of aryl methyl sites for hydroxylation is 1. The van der Waals surface area contributed by atoms with Crippen molar-refractivity contribution < 1.29 is 24.4 Å². The van der Waals surface area contributed by atoms with Crippen LogP contribution in [0.25, 0.3) is 0 Å². The fraction of sp³-hybridized carbons (Fsp3) is 0.357. The van der Waals surface area contributed by atoms with Crippen LogP contribution in [0.1, 0.15) is 12.0 Å². The van der Waals surface area contributed by atoms with E-state index in [2.05, 4.69) is 10.6 Å². The molecule has 2 atom stereocenters. The van der Waals surface area contributed by atoms with Crippen LogP contribution in [0.5, 0.6) is 0 Å². The van der Waals surface area contributed by atoms with E-state index in [1.54, 1.807) is 13.0 Å². The molecule has 1 aromatic rings. The molecule has 9 nitrogen and oxygen atoms in total. The zero-order valence-corrected chi connectivity index (χ0v) is 13.4. The highest BCUT2D eigenvalue weighted by molar-refractivity contribution is 8.00. The summed E-state index contributed by atoms with van der Waals surface area (Å²) in [6.07, 6.45) is -0.221. The lowest BCUT2D eigenvalue weighted by molar-refractivity contribution is -0.384. The number of nitrogens with one attached hydrogen (secondary N) is 2. The number of carbonyl (C=O) groups is 3. The molecule has 1 heterocycles. The number of carbonyl (C=O) groups excluding carboxylic acids is 3. The van der Waals surface area contributed by atoms with Crippen LogP contribution in [0.4, 0.5) is 11.4 Å². The number of nitro groups is 1. The minimum absolute atomic E-state index is 0.0458. The van der Waals surface area contributed by atoms with Crippen LogP contribution < -0.4 is 15.7 Å². The molecule has 1 saturated heterocycles. The number of anilines is 1. The number of nitrogens with zero attached hydrogens (tertiary/aromatic N) is 1. The Labute approximate surface area is 140 Å². The summed E-state index contributed by atoms with van der Waals surface area (Å²) in [6, 6.07) is 3.29. The van der Waals surface area contributed by atoms with Crippen LogP contribution in [0, 0.1) is 17.0 Å². The second-order valence-electron chi connectivity index (χ2n) is 5.23. The van der Waals surface area contributed by atoms with Crippen molar-refractivity contribution in [1.29, 1.82) is 0 Å². The quantitative estimate of drug-likeness (QED) is 0.541. The zero-order valence-electron chi connectivity index (χ0n) is 12.6. The normalized spacial score (nSPS) is 20.1. The fourth-order valence-corrected chi connectivity index (χ4v) is 3.27. The van der Waals surface area contributed by atoms with Crippen molar-refractivity contribution >= 4 is 40.9 Å². The summed E-state index contributed by atoms with van der Waals surface area (Å²) in [7, 11) is 0. The largest absolute Gasteiger partial charge is 0.548 e. The van der Waals surface area contributed by atoms with Gasteiger partial charge in [0, 0.05) is 18.2 Å². The summed E-state index contributed by atoms with van der Waals surface area (Å²) in [5.41, 5.74) is 0.487. The van der Waals surface area contributed by atoms with Gasteiger partial charge in [-0.15, -0.1) is 11.8 Å². The number of aliphatic carboxylic acids is 1. The summed E-state index contributed by atoms with van der Waals surface area (Å²) in [5, 5.41) is 25.7. The molecule has 1 fully saturated rings. The standard InChI is InChI=1S/C14H15N3O6S/c1-7-2-3-8(10(4-7)17(22)23)15-12(18)5-11-13(19)16-9(6-24-11)14(20)21/h2-4,9,11H,5-6H2,1H3,(H,15,18)(H,16,19)(H,20,21)/p-1/t9-,11+/m1/s1. The molecule has 0 spiro atoms. The molecule has 1 aliphatic rings. The van der Waals surface area contributed by atoms with E-state index >= 15 is 0 Å². The van der Waals surface area contributed by atoms with Gasteiger partial charge in [0.25, 0.3) is 5.69 Å². The van der Waals surface area contributed by atoms with Gasteiger partial charge in [-0.1, -0.05) is 6.07 Å². The lowest BCUT2D eigenvalue weighted by Crippen LogP contribution is -2.55. The molecule has 128 valence electrons. The molecular formula is C14H14N3O6S-. The Kier molecular flexibility index (Phi) is 5.39. The lowest BCUT2D eigenvalue weighted by atomic mass is 10.2. The number of benzene rings is 1. The van der Waals surface area contributed by atoms with Gasteiger partial charge in [-0.25, -0.2) is 0 Å². The van der Waals surface area contributed by atoms with Gasteiger partial charge < -0.3 is 20.5 Å². The van der Waals surface area contributed by atoms with Gasteiger partial charge >= 0.3 is 0 Å². The number of carboxylic acid groups (broad SMARTS) is 1. The Bertz CT molecular complexity index is 708. The first-order valence-electron chi connectivity index (χ1n) is 6.95. The lowest BCUT2D eigenvalue weighted by Gasteiger charge is -2.28. The molecule has 10 heteroatoms. The van der Waals surface area contributed by atoms with Crippen LogP contribution >= 0.6 is 11.8 Å². The average molecular weight is 352 g/mol. The third-order valence-corrected chi connectivity index (χ3v) is 4.66. The molecule has 0 saturated carbocycles. The Morgan fingerprint density at radius 1 is 1.46 bits per heavy atom. The highest BCUT2D eigenvalue weighted by atomic mass is 32.2. The molecule has 0 aromatic heterocycles. The maximum absolute atomic E-state index is 12.0. The van der Waals surface area contributed by atoms with Crippen molar-refractivity contribution in [3.05, 3.63) is 33.9 Å². The van der Waals surface area contributed by atoms with Gasteiger partial charge in [-0.3, -0.25) is 19.7 Å². The molecule has 2 amide bonds. The van der Waals surface area contributed by atoms with E-state index in [0.717, 1.165) is 11.8 Å². The van der Waals surface area contributed by atoms with E-state index in [1.807, 2.05) is 0 Å². The molecule has 0 unspecified atom stereocenters. The van der Waals surface area contributed by atoms with Crippen LogP contribution in [0.3, 0.4) is 0 Å². The number of thioether (sulfide) groups is 1. The van der Waals surface area contributed by atoms with Crippen LogP contribution in [0.15, 0.2) is 18.2 Å². The zero-order chi connectivity index (χ0) is 17.9. The first-order valence-corrected chi connectivity index (χ1v) is 8.00. The van der Waals surface area contributed by atoms with Gasteiger partial charge in [0.05, 0.1) is 22.2 Å². The first kappa shape index (κ1) is 17.7. The predicted octanol–water partition coefficient (Wildman–Crippen LogP) is -0.418. The van der Waals surface area contributed by atoms with E-state index in [9.17, 15) is 29.6 Å². The van der Waals surface area contributed by atoms with Crippen molar-refractivity contribution in [1.82, 2.24) is 5.32 Å². The van der Waals surface area contributed by atoms with E-state index in [1.165, 1.54) is 12.1 Å². The highest BCUT2D eigenvalue weighted by Crippen LogP contribution is 2.26. The SMILES string of the molecule is Cc1ccc(NC(=O)C[C@@H]2SC[C@H](C(=O)[O-])NC2=O)c([N+](=O)[O-])c1. The number of nitro benzene ring substituents is 1. The summed E-state index contributed by atoms with van der Waals surface area (Å²) in [6.45, 7) is 1.69. The molecule has 1 aliphatic heterocycles. The fourth-order valence-electron chi connectivity index (χ4n) is 2.14. The summed E-state index contributed by atoms with van der Waals surface area (Å²) < 4.78 is 0. The van der Waals surface area contributed by atoms with Crippen molar-refractivity contribution in [3.8, 4) is 0 Å². The minimum atomic E-state index is -1.38. The Hall–Kier alpha value is -2.62. The van der Waals surface area contributed by atoms with Crippen LogP contribution in [0.2, 0.25) is 0 Å². The van der Waals surface area contributed by atoms with Crippen molar-refractivity contribution in [2.24, 2.45) is 0 Å². The smallest absolute Gasteiger partial charge is 0.293 e. The van der Waals surface area contributed by atoms with Crippen molar-refractivity contribution in [3.63, 3.8) is 0 Å². The number of rotatable bonds is 5. The van der Waals surface area contributed by atoms with Gasteiger partial charge in [0.15, 0.2) is 0 Å². The topological polar surface area (TPSA) is 141 Å². The Balaban J connectivity index is 2.01. The number of hydrogen-bond acceptors (Lipinski definition) is 7. The van der Waals surface area contributed by atoms with Crippen molar-refractivity contribution in [2.75, 3.05) is 11.1 Å². The second kappa shape index (κ2) is 7.30. The molecule has 2 rings (SSSR count). The minimum Gasteiger partial charge on any atom is -0.548 e. The second-order valence-corrected chi connectivity index (χ2v) is 6.47. The summed E-state index contributed by atoms with van der Waals surface area (Å²) >= 11 is 1.03. The van der Waals surface area contributed by atoms with E-state index in [4.69, 9.17) is 0 Å². The maximum Gasteiger partial charge on any atom is 0.293 e. The monoisotopic (exact) mass is 352 g/mol. The molecular weight excluding hydrogens is 338 g/mol. The predicted molar refractivity (Wildman–Crippen MR) is 84.3 cm³/mol. The van der Waals surface area contributed by atoms with E-state index in [-0.39, 0.29) is 23.5 Å². The van der Waals surface area contributed by atoms with Crippen LogP contribution in [-0.4, -0.2) is 39.8 Å². The Morgan fingerprint density at radius 3 is 2.75 bits per heavy atom. The molecule has 2 N–H and O–H groups in total. The highest BCUT2D eigenvalue weighted by Gasteiger charge is 2.31. The van der Waals surface area contributed by atoms with Gasteiger partial charge in [0.2, 0.25) is 11.8 Å². The summed E-state index contributed by atoms with van der Waals surface area (Å²) in [5.74, 6) is -2.43. The first-order chi connectivity index (χ1) is 11.3. The molecule has 24 heavy (non-hydrogen) atoms. The maximum atomic E-state index is 12.0. The van der Waals surface area contributed by atoms with Gasteiger partial charge in [0.1, 0.15) is 5.69 Å². The molecule has 0 bridgehead atoms. The molecule has 1 aromatic carbocycles. The third kappa shape index (κ3) is 4.22. The van der Waals surface area contributed by atoms with E-state index < -0.39 is 34.0 Å². The average Bonchev–Trinajstić information content (AvgIpc) is 2.50. The number of amides is 2. The molecule has 0 radical (unpaired) electrons. The number of hydrogen-bond donors (Lipinski definition) is 2. The Morgan fingerprint density at radius 2 is 2.17 bits per heavy atom. The number of carboxylic acids is 1. The molecule has 0 aliphatic carbocycles. The summed E-state index contributed by atoms with van der Waals surface area (Å²) in [4.78, 5) is 45.0. The van der Waals surface area contributed by atoms with Crippen LogP contribution in [-0.2, 0) is 14.4 Å². The van der Waals surface area contributed by atoms with Gasteiger partial charge in [-0.2, -0.15) is 0 Å². The van der Waals surface area contributed by atoms with E-state index in [0.29, 0.717) is 5.56 Å². The van der Waals surface area contributed by atoms with Crippen molar-refractivity contribution in [2.45, 2.75) is 24.6 Å². The van der Waals surface area contributed by atoms with Gasteiger partial charge in [-0.05, 0) is 18.6 Å². The third-order valence-electron chi connectivity index (χ3n) is 3.35.